The summed E-state index contributed by atoms with van der Waals surface area (Å²) in [6.45, 7) is 8.45. The first-order valence-corrected chi connectivity index (χ1v) is 9.55. The van der Waals surface area contributed by atoms with Gasteiger partial charge in [0.25, 0.3) is 0 Å². The molecule has 0 radical (unpaired) electrons. The van der Waals surface area contributed by atoms with E-state index in [1.807, 2.05) is 56.0 Å². The van der Waals surface area contributed by atoms with Crippen LogP contribution < -0.4 is 5.32 Å². The average Bonchev–Trinajstić information content (AvgIpc) is 3.08. The third kappa shape index (κ3) is 3.30. The van der Waals surface area contributed by atoms with E-state index in [1.54, 1.807) is 0 Å². The molecule has 1 fully saturated rings. The molecule has 2 amide bonds. The predicted octanol–water partition coefficient (Wildman–Crippen LogP) is 3.04. The summed E-state index contributed by atoms with van der Waals surface area (Å²) in [7, 11) is 0. The number of amides is 2. The van der Waals surface area contributed by atoms with Crippen molar-refractivity contribution in [2.45, 2.75) is 45.3 Å². The van der Waals surface area contributed by atoms with Crippen molar-refractivity contribution in [3.05, 3.63) is 47.3 Å². The van der Waals surface area contributed by atoms with E-state index in [1.165, 1.54) is 0 Å². The molecule has 1 spiro atoms. The number of fused-ring (bicyclic) bond motifs is 2. The quantitative estimate of drug-likeness (QED) is 0.887. The first kappa shape index (κ1) is 17.9. The molecule has 1 aromatic heterocycles. The molecule has 6 nitrogen and oxygen atoms in total. The van der Waals surface area contributed by atoms with E-state index in [-0.39, 0.29) is 17.5 Å². The van der Waals surface area contributed by atoms with Crippen LogP contribution in [0.5, 0.6) is 0 Å². The number of hydrogen-bond acceptors (Lipinski definition) is 4. The number of benzene rings is 1. The Morgan fingerprint density at radius 1 is 1.26 bits per heavy atom. The smallest absolute Gasteiger partial charge is 0.317 e. The van der Waals surface area contributed by atoms with Crippen molar-refractivity contribution >= 4 is 6.03 Å². The highest BCUT2D eigenvalue weighted by Crippen LogP contribution is 2.40. The first-order valence-electron chi connectivity index (χ1n) is 9.55. The molecule has 0 aliphatic carbocycles. The Bertz CT molecular complexity index is 853. The molecule has 142 valence electrons. The number of hydrogen-bond donors (Lipinski definition) is 1. The SMILES string of the molecule is Cc1nc(-c2ccccc2)nc2c1COC[C@]21CCN(C(=O)NC(C)C)C1. The monoisotopic (exact) mass is 366 g/mol. The highest BCUT2D eigenvalue weighted by Gasteiger charge is 2.46. The van der Waals surface area contributed by atoms with Crippen molar-refractivity contribution in [1.82, 2.24) is 20.2 Å². The fourth-order valence-electron chi connectivity index (χ4n) is 4.04. The lowest BCUT2D eigenvalue weighted by Gasteiger charge is -2.35. The third-order valence-electron chi connectivity index (χ3n) is 5.43. The standard InChI is InChI=1S/C21H26N4O2/c1-14(2)22-20(26)25-10-9-21(12-25)13-27-11-17-15(3)23-19(24-18(17)21)16-7-5-4-6-8-16/h4-8,14H,9-13H2,1-3H3,(H,22,26)/t21-/m1/s1. The minimum atomic E-state index is -0.251. The Morgan fingerprint density at radius 3 is 2.78 bits per heavy atom. The normalized spacial score (nSPS) is 21.6. The molecule has 27 heavy (non-hydrogen) atoms. The van der Waals surface area contributed by atoms with Gasteiger partial charge in [0.2, 0.25) is 0 Å². The fraction of sp³-hybridized carbons (Fsp3) is 0.476. The van der Waals surface area contributed by atoms with Crippen LogP contribution in [0.2, 0.25) is 0 Å². The molecule has 2 aromatic rings. The van der Waals surface area contributed by atoms with Crippen molar-refractivity contribution in [2.75, 3.05) is 19.7 Å². The molecule has 0 unspecified atom stereocenters. The van der Waals surface area contributed by atoms with Gasteiger partial charge in [0.1, 0.15) is 0 Å². The molecule has 0 saturated carbocycles. The molecule has 4 rings (SSSR count). The van der Waals surface area contributed by atoms with Crippen molar-refractivity contribution in [3.63, 3.8) is 0 Å². The van der Waals surface area contributed by atoms with Crippen molar-refractivity contribution in [2.24, 2.45) is 0 Å². The molecular formula is C21H26N4O2. The van der Waals surface area contributed by atoms with E-state index < -0.39 is 0 Å². The summed E-state index contributed by atoms with van der Waals surface area (Å²) < 4.78 is 5.93. The summed E-state index contributed by atoms with van der Waals surface area (Å²) in [4.78, 5) is 24.1. The highest BCUT2D eigenvalue weighted by atomic mass is 16.5. The van der Waals surface area contributed by atoms with Crippen molar-refractivity contribution < 1.29 is 9.53 Å². The summed E-state index contributed by atoms with van der Waals surface area (Å²) in [6, 6.07) is 10.2. The number of likely N-dealkylation sites (tertiary alicyclic amines) is 1. The number of aromatic nitrogens is 2. The summed E-state index contributed by atoms with van der Waals surface area (Å²) in [5.74, 6) is 0.748. The molecule has 1 saturated heterocycles. The van der Waals surface area contributed by atoms with Gasteiger partial charge in [-0.3, -0.25) is 0 Å². The van der Waals surface area contributed by atoms with Crippen LogP contribution in [0, 0.1) is 6.92 Å². The zero-order valence-electron chi connectivity index (χ0n) is 16.2. The van der Waals surface area contributed by atoms with Gasteiger partial charge in [-0.25, -0.2) is 14.8 Å². The summed E-state index contributed by atoms with van der Waals surface area (Å²) in [5.41, 5.74) is 3.85. The lowest BCUT2D eigenvalue weighted by Crippen LogP contribution is -2.46. The lowest BCUT2D eigenvalue weighted by molar-refractivity contribution is 0.0514. The third-order valence-corrected chi connectivity index (χ3v) is 5.43. The van der Waals surface area contributed by atoms with Crippen LogP contribution >= 0.6 is 0 Å². The van der Waals surface area contributed by atoms with Crippen LogP contribution in [0.3, 0.4) is 0 Å². The molecule has 6 heteroatoms. The van der Waals surface area contributed by atoms with Gasteiger partial charge in [0.15, 0.2) is 5.82 Å². The average molecular weight is 366 g/mol. The molecule has 1 N–H and O–H groups in total. The Kier molecular flexibility index (Phi) is 4.60. The molecule has 1 aromatic carbocycles. The summed E-state index contributed by atoms with van der Waals surface area (Å²) >= 11 is 0. The molecule has 2 aliphatic rings. The van der Waals surface area contributed by atoms with Crippen LogP contribution in [0.25, 0.3) is 11.4 Å². The Morgan fingerprint density at radius 2 is 2.04 bits per heavy atom. The topological polar surface area (TPSA) is 67.4 Å². The van der Waals surface area contributed by atoms with Crippen LogP contribution in [-0.2, 0) is 16.8 Å². The number of carbonyl (C=O) groups excluding carboxylic acids is 1. The number of urea groups is 1. The van der Waals surface area contributed by atoms with Gasteiger partial charge in [-0.2, -0.15) is 0 Å². The van der Waals surface area contributed by atoms with E-state index in [0.717, 1.165) is 34.8 Å². The molecule has 3 heterocycles. The maximum Gasteiger partial charge on any atom is 0.317 e. The van der Waals surface area contributed by atoms with E-state index in [9.17, 15) is 4.79 Å². The van der Waals surface area contributed by atoms with Gasteiger partial charge >= 0.3 is 6.03 Å². The Balaban J connectivity index is 1.71. The van der Waals surface area contributed by atoms with Gasteiger partial charge in [0, 0.05) is 36.0 Å². The van der Waals surface area contributed by atoms with Gasteiger partial charge < -0.3 is 15.0 Å². The van der Waals surface area contributed by atoms with Crippen LogP contribution in [0.1, 0.15) is 37.2 Å². The summed E-state index contributed by atoms with van der Waals surface area (Å²) in [6.07, 6.45) is 0.857. The van der Waals surface area contributed by atoms with Gasteiger partial charge in [-0.05, 0) is 27.2 Å². The highest BCUT2D eigenvalue weighted by molar-refractivity contribution is 5.75. The maximum absolute atomic E-state index is 12.5. The zero-order chi connectivity index (χ0) is 19.0. The number of ether oxygens (including phenoxy) is 1. The van der Waals surface area contributed by atoms with E-state index in [0.29, 0.717) is 26.3 Å². The van der Waals surface area contributed by atoms with E-state index in [2.05, 4.69) is 5.32 Å². The number of carbonyl (C=O) groups is 1. The van der Waals surface area contributed by atoms with Gasteiger partial charge in [-0.1, -0.05) is 30.3 Å². The van der Waals surface area contributed by atoms with Crippen LogP contribution in [-0.4, -0.2) is 46.6 Å². The number of aryl methyl sites for hydroxylation is 1. The van der Waals surface area contributed by atoms with Crippen molar-refractivity contribution in [3.8, 4) is 11.4 Å². The molecule has 0 bridgehead atoms. The second kappa shape index (κ2) is 6.93. The summed E-state index contributed by atoms with van der Waals surface area (Å²) in [5, 5.41) is 2.99. The second-order valence-corrected chi connectivity index (χ2v) is 7.87. The van der Waals surface area contributed by atoms with Crippen LogP contribution in [0.15, 0.2) is 30.3 Å². The van der Waals surface area contributed by atoms with E-state index in [4.69, 9.17) is 14.7 Å². The predicted molar refractivity (Wildman–Crippen MR) is 103 cm³/mol. The molecule has 1 atom stereocenters. The second-order valence-electron chi connectivity index (χ2n) is 7.87. The van der Waals surface area contributed by atoms with Crippen molar-refractivity contribution in [1.29, 1.82) is 0 Å². The number of nitrogens with zero attached hydrogens (tertiary/aromatic N) is 3. The number of rotatable bonds is 2. The van der Waals surface area contributed by atoms with Gasteiger partial charge in [-0.15, -0.1) is 0 Å². The Hall–Kier alpha value is -2.47. The molecule has 2 aliphatic heterocycles. The van der Waals surface area contributed by atoms with E-state index >= 15 is 0 Å². The van der Waals surface area contributed by atoms with Gasteiger partial charge in [0.05, 0.1) is 24.3 Å². The molecular weight excluding hydrogens is 340 g/mol. The van der Waals surface area contributed by atoms with Crippen LogP contribution in [0.4, 0.5) is 4.79 Å². The fourth-order valence-corrected chi connectivity index (χ4v) is 4.04. The minimum Gasteiger partial charge on any atom is -0.376 e. The minimum absolute atomic E-state index is 0.0111. The first-order chi connectivity index (χ1) is 13.0. The maximum atomic E-state index is 12.5. The zero-order valence-corrected chi connectivity index (χ0v) is 16.2. The largest absolute Gasteiger partial charge is 0.376 e. The Labute approximate surface area is 160 Å². The lowest BCUT2D eigenvalue weighted by atomic mass is 9.80. The number of nitrogens with one attached hydrogen (secondary N) is 1.